The van der Waals surface area contributed by atoms with Gasteiger partial charge in [0.25, 0.3) is 0 Å². The van der Waals surface area contributed by atoms with Gasteiger partial charge in [0.05, 0.1) is 12.8 Å². The topological polar surface area (TPSA) is 61.9 Å². The van der Waals surface area contributed by atoms with Crippen LogP contribution in [0.25, 0.3) is 0 Å². The lowest BCUT2D eigenvalue weighted by molar-refractivity contribution is -0.144. The maximum Gasteiger partial charge on any atom is 0.238 e. The molecule has 0 spiro atoms. The van der Waals surface area contributed by atoms with Crippen LogP contribution in [0.4, 0.5) is 5.69 Å². The van der Waals surface area contributed by atoms with E-state index in [1.165, 1.54) is 0 Å². The smallest absolute Gasteiger partial charge is 0.238 e. The largest absolute Gasteiger partial charge is 0.495 e. The van der Waals surface area contributed by atoms with Gasteiger partial charge in [-0.1, -0.05) is 18.2 Å². The fourth-order valence-corrected chi connectivity index (χ4v) is 3.34. The number of methoxy groups -OCH3 is 1. The molecule has 1 saturated heterocycles. The second kappa shape index (κ2) is 7.17. The molecule has 134 valence electrons. The van der Waals surface area contributed by atoms with Gasteiger partial charge in [0.2, 0.25) is 11.8 Å². The summed E-state index contributed by atoms with van der Waals surface area (Å²) in [7, 11) is 1.66. The first-order valence-electron chi connectivity index (χ1n) is 8.69. The monoisotopic (exact) mass is 343 g/mol. The lowest BCUT2D eigenvalue weighted by atomic mass is 10.0. The number of carbonyl (C=O) groups excluding carboxylic acids is 2. The van der Waals surface area contributed by atoms with E-state index in [9.17, 15) is 9.59 Å². The molecule has 1 aromatic rings. The summed E-state index contributed by atoms with van der Waals surface area (Å²) in [6.07, 6.45) is 2.91. The Morgan fingerprint density at radius 2 is 1.92 bits per heavy atom. The number of nitrogens with zero attached hydrogens (tertiary/aromatic N) is 2. The van der Waals surface area contributed by atoms with Gasteiger partial charge in [-0.3, -0.25) is 9.59 Å². The molecule has 0 bridgehead atoms. The Kier molecular flexibility index (Phi) is 4.97. The Bertz CT molecular complexity index is 662. The average molecular weight is 343 g/mol. The predicted octanol–water partition coefficient (Wildman–Crippen LogP) is 1.43. The number of amides is 2. The van der Waals surface area contributed by atoms with E-state index in [4.69, 9.17) is 4.74 Å². The summed E-state index contributed by atoms with van der Waals surface area (Å²) in [4.78, 5) is 29.2. The third-order valence-electron chi connectivity index (χ3n) is 4.99. The number of hydrogen-bond donors (Lipinski definition) is 1. The van der Waals surface area contributed by atoms with Crippen molar-refractivity contribution in [2.75, 3.05) is 44.7 Å². The van der Waals surface area contributed by atoms with E-state index in [2.05, 4.69) is 16.8 Å². The molecule has 1 aromatic carbocycles. The van der Waals surface area contributed by atoms with Crippen molar-refractivity contribution in [1.29, 1.82) is 0 Å². The number of piperazine rings is 1. The molecule has 1 heterocycles. The Morgan fingerprint density at radius 3 is 2.52 bits per heavy atom. The van der Waals surface area contributed by atoms with Gasteiger partial charge < -0.3 is 19.9 Å². The Hall–Kier alpha value is -2.50. The lowest BCUT2D eigenvalue weighted by Gasteiger charge is -2.38. The van der Waals surface area contributed by atoms with Crippen LogP contribution in [0.1, 0.15) is 12.8 Å². The van der Waals surface area contributed by atoms with Crippen LogP contribution < -0.4 is 15.0 Å². The summed E-state index contributed by atoms with van der Waals surface area (Å²) in [6, 6.07) is 7.90. The van der Waals surface area contributed by atoms with Crippen LogP contribution in [0.5, 0.6) is 5.75 Å². The van der Waals surface area contributed by atoms with E-state index in [1.807, 2.05) is 29.2 Å². The van der Waals surface area contributed by atoms with Crippen LogP contribution in [0.15, 0.2) is 36.9 Å². The highest BCUT2D eigenvalue weighted by molar-refractivity contribution is 6.08. The zero-order chi connectivity index (χ0) is 17.9. The normalized spacial score (nSPS) is 18.4. The van der Waals surface area contributed by atoms with Gasteiger partial charge in [0.15, 0.2) is 0 Å². The molecule has 0 radical (unpaired) electrons. The molecular weight excluding hydrogens is 318 g/mol. The number of carbonyl (C=O) groups is 2. The fourth-order valence-electron chi connectivity index (χ4n) is 3.34. The van der Waals surface area contributed by atoms with Crippen LogP contribution in [0.3, 0.4) is 0 Å². The van der Waals surface area contributed by atoms with E-state index in [-0.39, 0.29) is 11.8 Å². The summed E-state index contributed by atoms with van der Waals surface area (Å²) in [5, 5.41) is 2.77. The number of nitrogens with one attached hydrogen (secondary N) is 1. The highest BCUT2D eigenvalue weighted by Gasteiger charge is 2.57. The number of para-hydroxylation sites is 2. The van der Waals surface area contributed by atoms with E-state index < -0.39 is 5.41 Å². The minimum atomic E-state index is -0.838. The van der Waals surface area contributed by atoms with Gasteiger partial charge in [-0.25, -0.2) is 0 Å². The van der Waals surface area contributed by atoms with Crippen molar-refractivity contribution in [2.45, 2.75) is 12.8 Å². The lowest BCUT2D eigenvalue weighted by Crippen LogP contribution is -2.53. The minimum absolute atomic E-state index is 0.0336. The molecule has 2 amide bonds. The van der Waals surface area contributed by atoms with Gasteiger partial charge in [-0.05, 0) is 25.0 Å². The first-order chi connectivity index (χ1) is 12.1. The SMILES string of the molecule is C=CCNC(=O)C1(C(=O)N2CCN(c3ccccc3OC)CC2)CC1. The van der Waals surface area contributed by atoms with Crippen molar-refractivity contribution in [2.24, 2.45) is 5.41 Å². The zero-order valence-corrected chi connectivity index (χ0v) is 14.7. The first kappa shape index (κ1) is 17.3. The molecule has 0 unspecified atom stereocenters. The summed E-state index contributed by atoms with van der Waals surface area (Å²) in [5.41, 5.74) is 0.206. The van der Waals surface area contributed by atoms with Crippen LogP contribution >= 0.6 is 0 Å². The van der Waals surface area contributed by atoms with E-state index in [0.717, 1.165) is 24.5 Å². The quantitative estimate of drug-likeness (QED) is 0.627. The number of rotatable bonds is 6. The fraction of sp³-hybridized carbons (Fsp3) is 0.474. The van der Waals surface area contributed by atoms with Crippen molar-refractivity contribution in [3.8, 4) is 5.75 Å². The molecule has 2 fully saturated rings. The number of anilines is 1. The average Bonchev–Trinajstić information content (AvgIpc) is 3.47. The molecule has 0 aromatic heterocycles. The number of hydrogen-bond acceptors (Lipinski definition) is 4. The van der Waals surface area contributed by atoms with Crippen molar-refractivity contribution >= 4 is 17.5 Å². The van der Waals surface area contributed by atoms with E-state index in [0.29, 0.717) is 32.5 Å². The highest BCUT2D eigenvalue weighted by atomic mass is 16.5. The van der Waals surface area contributed by atoms with E-state index in [1.54, 1.807) is 13.2 Å². The molecular formula is C19H25N3O3. The van der Waals surface area contributed by atoms with Crippen molar-refractivity contribution in [3.05, 3.63) is 36.9 Å². The molecule has 6 nitrogen and oxygen atoms in total. The molecule has 2 aliphatic rings. The minimum Gasteiger partial charge on any atom is -0.495 e. The molecule has 1 N–H and O–H groups in total. The summed E-state index contributed by atoms with van der Waals surface area (Å²) in [5.74, 6) is 0.642. The third kappa shape index (κ3) is 3.34. The summed E-state index contributed by atoms with van der Waals surface area (Å²) < 4.78 is 5.42. The van der Waals surface area contributed by atoms with Gasteiger partial charge in [0, 0.05) is 32.7 Å². The van der Waals surface area contributed by atoms with Gasteiger partial charge in [0.1, 0.15) is 11.2 Å². The maximum absolute atomic E-state index is 12.8. The predicted molar refractivity (Wildman–Crippen MR) is 96.7 cm³/mol. The molecule has 1 aliphatic heterocycles. The second-order valence-electron chi connectivity index (χ2n) is 6.53. The van der Waals surface area contributed by atoms with Crippen LogP contribution in [0.2, 0.25) is 0 Å². The van der Waals surface area contributed by atoms with Crippen molar-refractivity contribution < 1.29 is 14.3 Å². The molecule has 1 aliphatic carbocycles. The molecule has 0 atom stereocenters. The highest BCUT2D eigenvalue weighted by Crippen LogP contribution is 2.47. The van der Waals surface area contributed by atoms with Crippen molar-refractivity contribution in [3.63, 3.8) is 0 Å². The molecule has 6 heteroatoms. The van der Waals surface area contributed by atoms with Crippen LogP contribution in [0, 0.1) is 5.41 Å². The number of ether oxygens (including phenoxy) is 1. The summed E-state index contributed by atoms with van der Waals surface area (Å²) >= 11 is 0. The van der Waals surface area contributed by atoms with Gasteiger partial charge in [-0.15, -0.1) is 6.58 Å². The Morgan fingerprint density at radius 1 is 1.24 bits per heavy atom. The maximum atomic E-state index is 12.8. The van der Waals surface area contributed by atoms with Crippen LogP contribution in [-0.2, 0) is 9.59 Å². The summed E-state index contributed by atoms with van der Waals surface area (Å²) in [6.45, 7) is 6.70. The zero-order valence-electron chi connectivity index (χ0n) is 14.7. The van der Waals surface area contributed by atoms with Gasteiger partial charge >= 0.3 is 0 Å². The Labute approximate surface area is 148 Å². The Balaban J connectivity index is 1.61. The van der Waals surface area contributed by atoms with Crippen molar-refractivity contribution in [1.82, 2.24) is 10.2 Å². The number of benzene rings is 1. The molecule has 25 heavy (non-hydrogen) atoms. The second-order valence-corrected chi connectivity index (χ2v) is 6.53. The first-order valence-corrected chi connectivity index (χ1v) is 8.69. The van der Waals surface area contributed by atoms with Crippen LogP contribution in [-0.4, -0.2) is 56.5 Å². The molecule has 3 rings (SSSR count). The molecule has 1 saturated carbocycles. The van der Waals surface area contributed by atoms with E-state index >= 15 is 0 Å². The van der Waals surface area contributed by atoms with Gasteiger partial charge in [-0.2, -0.15) is 0 Å². The third-order valence-corrected chi connectivity index (χ3v) is 4.99. The standard InChI is InChI=1S/C19H25N3O3/c1-3-10-20-17(23)19(8-9-19)18(24)22-13-11-21(12-14-22)15-6-4-5-7-16(15)25-2/h3-7H,1,8-14H2,2H3,(H,20,23).